The van der Waals surface area contributed by atoms with E-state index in [0.717, 1.165) is 58.7 Å². The molecule has 0 spiro atoms. The number of thiophene rings is 1. The van der Waals surface area contributed by atoms with Gasteiger partial charge in [-0.25, -0.2) is 9.18 Å². The Hall–Kier alpha value is -4.84. The van der Waals surface area contributed by atoms with Crippen molar-refractivity contribution in [2.45, 2.75) is 75.0 Å². The van der Waals surface area contributed by atoms with Gasteiger partial charge in [-0.15, -0.1) is 11.3 Å². The van der Waals surface area contributed by atoms with Crippen molar-refractivity contribution < 1.29 is 19.0 Å². The molecule has 0 saturated carbocycles. The number of hydrogen-bond donors (Lipinski definition) is 1. The number of anilines is 2. The van der Waals surface area contributed by atoms with Crippen molar-refractivity contribution >= 4 is 46.5 Å². The molecule has 8 heteroatoms. The average Bonchev–Trinajstić information content (AvgIpc) is 3.66. The second kappa shape index (κ2) is 17.6. The van der Waals surface area contributed by atoms with Crippen LogP contribution in [0.4, 0.5) is 15.8 Å². The van der Waals surface area contributed by atoms with E-state index in [-0.39, 0.29) is 5.56 Å². The van der Waals surface area contributed by atoms with Gasteiger partial charge in [-0.2, -0.15) is 5.26 Å². The summed E-state index contributed by atoms with van der Waals surface area (Å²) in [6.45, 7) is 6.16. The lowest BCUT2D eigenvalue weighted by molar-refractivity contribution is -0.132. The molecule has 1 aliphatic heterocycles. The largest absolute Gasteiger partial charge is 0.494 e. The highest BCUT2D eigenvalue weighted by atomic mass is 32.2. The van der Waals surface area contributed by atoms with Crippen LogP contribution in [-0.4, -0.2) is 24.2 Å². The van der Waals surface area contributed by atoms with Crippen molar-refractivity contribution in [2.75, 3.05) is 18.1 Å². The van der Waals surface area contributed by atoms with E-state index in [1.165, 1.54) is 77.4 Å². The fourth-order valence-electron chi connectivity index (χ4n) is 6.36. The van der Waals surface area contributed by atoms with Gasteiger partial charge in [-0.1, -0.05) is 101 Å². The summed E-state index contributed by atoms with van der Waals surface area (Å²) in [5.41, 5.74) is 6.13. The molecule has 0 bridgehead atoms. The summed E-state index contributed by atoms with van der Waals surface area (Å²) in [6.07, 6.45) is 10.6. The number of nitriles is 1. The van der Waals surface area contributed by atoms with Crippen molar-refractivity contribution in [3.63, 3.8) is 0 Å². The monoisotopic (exact) mass is 730 g/mol. The van der Waals surface area contributed by atoms with Crippen molar-refractivity contribution in [2.24, 2.45) is 0 Å². The fraction of sp³-hybridized carbons (Fsp3) is 0.273. The van der Waals surface area contributed by atoms with Gasteiger partial charge in [0.2, 0.25) is 0 Å². The molecule has 0 unspecified atom stereocenters. The van der Waals surface area contributed by atoms with Crippen LogP contribution in [-0.2, 0) is 4.79 Å². The standard InChI is InChI=1S/C44H43FN2O3S2/c1-3-5-7-9-23-47-38-19-15-31(30-13-17-36(18-14-30)50-24-10-8-6-4-2)27-42(38)52-43-28-34(16-20-39(43)47)41-22-21-40(51-41)33-12-11-32(37(45)26-33)25-35(29-46)44(48)49/h11-22,25-28H,3-10,23-24H2,1-2H3,(H,48,49)/b35-25+. The molecule has 0 aliphatic carbocycles. The molecule has 5 aromatic rings. The minimum absolute atomic E-state index is 0.0630. The quantitative estimate of drug-likeness (QED) is 0.0619. The molecule has 52 heavy (non-hydrogen) atoms. The molecule has 0 saturated heterocycles. The number of benzene rings is 4. The highest BCUT2D eigenvalue weighted by Gasteiger charge is 2.25. The van der Waals surface area contributed by atoms with E-state index in [2.05, 4.69) is 85.5 Å². The smallest absolute Gasteiger partial charge is 0.346 e. The Labute approximate surface area is 314 Å². The van der Waals surface area contributed by atoms with Gasteiger partial charge in [0.15, 0.2) is 0 Å². The number of carboxylic acids is 1. The number of aliphatic carboxylic acids is 1. The lowest BCUT2D eigenvalue weighted by atomic mass is 10.0. The van der Waals surface area contributed by atoms with Crippen LogP contribution < -0.4 is 9.64 Å². The number of rotatable bonds is 16. The first-order chi connectivity index (χ1) is 25.4. The van der Waals surface area contributed by atoms with Crippen LogP contribution >= 0.6 is 23.1 Å². The van der Waals surface area contributed by atoms with Gasteiger partial charge < -0.3 is 14.7 Å². The topological polar surface area (TPSA) is 73.6 Å². The van der Waals surface area contributed by atoms with E-state index in [9.17, 15) is 9.18 Å². The van der Waals surface area contributed by atoms with Gasteiger partial charge >= 0.3 is 5.97 Å². The molecule has 0 radical (unpaired) electrons. The number of ether oxygens (including phenoxy) is 1. The Morgan fingerprint density at radius 1 is 0.769 bits per heavy atom. The lowest BCUT2D eigenvalue weighted by Crippen LogP contribution is -2.22. The summed E-state index contributed by atoms with van der Waals surface area (Å²) in [5.74, 6) is -1.05. The third-order valence-corrected chi connectivity index (χ3v) is 11.5. The van der Waals surface area contributed by atoms with Crippen molar-refractivity contribution in [1.29, 1.82) is 5.26 Å². The van der Waals surface area contributed by atoms with Crippen LogP contribution in [0.3, 0.4) is 0 Å². The van der Waals surface area contributed by atoms with Gasteiger partial charge in [0.05, 0.1) is 18.0 Å². The highest BCUT2D eigenvalue weighted by Crippen LogP contribution is 2.51. The summed E-state index contributed by atoms with van der Waals surface area (Å²) in [7, 11) is 0. The van der Waals surface area contributed by atoms with E-state index in [1.54, 1.807) is 35.2 Å². The molecule has 5 nitrogen and oxygen atoms in total. The number of hydrogen-bond acceptors (Lipinski definition) is 6. The molecule has 6 rings (SSSR count). The van der Waals surface area contributed by atoms with E-state index in [1.807, 2.05) is 6.07 Å². The Morgan fingerprint density at radius 2 is 1.37 bits per heavy atom. The number of carboxylic acid groups (broad SMARTS) is 1. The van der Waals surface area contributed by atoms with Gasteiger partial charge in [0.1, 0.15) is 23.2 Å². The average molecular weight is 731 g/mol. The third-order valence-electron chi connectivity index (χ3n) is 9.24. The van der Waals surface area contributed by atoms with Crippen LogP contribution in [0.5, 0.6) is 5.75 Å². The van der Waals surface area contributed by atoms with Crippen LogP contribution in [0.1, 0.15) is 70.8 Å². The maximum absolute atomic E-state index is 15.0. The molecule has 0 atom stereocenters. The Kier molecular flexibility index (Phi) is 12.5. The summed E-state index contributed by atoms with van der Waals surface area (Å²) in [4.78, 5) is 18.1. The molecular weight excluding hydrogens is 688 g/mol. The molecule has 1 aliphatic rings. The first-order valence-corrected chi connectivity index (χ1v) is 19.7. The maximum atomic E-state index is 15.0. The molecule has 0 amide bonds. The Bertz CT molecular complexity index is 2100. The van der Waals surface area contributed by atoms with Gasteiger partial charge in [-0.05, 0) is 95.8 Å². The van der Waals surface area contributed by atoms with Crippen LogP contribution in [0.25, 0.3) is 38.1 Å². The molecule has 2 heterocycles. The van der Waals surface area contributed by atoms with Crippen LogP contribution in [0.2, 0.25) is 0 Å². The second-order valence-corrected chi connectivity index (χ2v) is 15.2. The minimum Gasteiger partial charge on any atom is -0.494 e. The van der Waals surface area contributed by atoms with E-state index in [4.69, 9.17) is 15.1 Å². The SMILES string of the molecule is CCCCCCOc1ccc(-c2ccc3c(c2)Sc2cc(-c4ccc(-c5ccc(/C=C(\C#N)C(=O)O)c(F)c5)s4)ccc2N3CCCCCC)cc1. The van der Waals surface area contributed by atoms with Gasteiger partial charge in [-0.3, -0.25) is 0 Å². The molecule has 1 N–H and O–H groups in total. The Balaban J connectivity index is 1.24. The maximum Gasteiger partial charge on any atom is 0.346 e. The van der Waals surface area contributed by atoms with Gasteiger partial charge in [0.25, 0.3) is 0 Å². The summed E-state index contributed by atoms with van der Waals surface area (Å²) in [5, 5.41) is 18.2. The highest BCUT2D eigenvalue weighted by molar-refractivity contribution is 7.99. The molecule has 0 fully saturated rings. The van der Waals surface area contributed by atoms with E-state index >= 15 is 0 Å². The second-order valence-electron chi connectivity index (χ2n) is 13.0. The number of nitrogens with zero attached hydrogens (tertiary/aromatic N) is 2. The normalized spacial score (nSPS) is 12.3. The zero-order valence-corrected chi connectivity index (χ0v) is 31.3. The predicted octanol–water partition coefficient (Wildman–Crippen LogP) is 13.0. The van der Waals surface area contributed by atoms with Crippen molar-refractivity contribution in [3.05, 3.63) is 108 Å². The van der Waals surface area contributed by atoms with E-state index < -0.39 is 17.4 Å². The summed E-state index contributed by atoms with van der Waals surface area (Å²) < 4.78 is 21.0. The third kappa shape index (κ3) is 8.78. The number of unbranched alkanes of at least 4 members (excludes halogenated alkanes) is 6. The molecule has 4 aromatic carbocycles. The van der Waals surface area contributed by atoms with E-state index in [0.29, 0.717) is 5.56 Å². The number of fused-ring (bicyclic) bond motifs is 2. The first kappa shape index (κ1) is 36.9. The summed E-state index contributed by atoms with van der Waals surface area (Å²) >= 11 is 3.38. The molecule has 266 valence electrons. The number of halogens is 1. The zero-order chi connectivity index (χ0) is 36.5. The van der Waals surface area contributed by atoms with Gasteiger partial charge in [0, 0.05) is 31.7 Å². The van der Waals surface area contributed by atoms with Crippen LogP contribution in [0, 0.1) is 17.1 Å². The fourth-order valence-corrected chi connectivity index (χ4v) is 8.53. The minimum atomic E-state index is -1.38. The molecular formula is C44H43FN2O3S2. The van der Waals surface area contributed by atoms with Crippen LogP contribution in [0.15, 0.2) is 106 Å². The van der Waals surface area contributed by atoms with Crippen molar-refractivity contribution in [1.82, 2.24) is 0 Å². The summed E-state index contributed by atoms with van der Waals surface area (Å²) in [6, 6.07) is 32.2. The lowest BCUT2D eigenvalue weighted by Gasteiger charge is -2.33. The zero-order valence-electron chi connectivity index (χ0n) is 29.7. The molecule has 1 aromatic heterocycles. The predicted molar refractivity (Wildman–Crippen MR) is 213 cm³/mol. The first-order valence-electron chi connectivity index (χ1n) is 18.1. The van der Waals surface area contributed by atoms with Crippen molar-refractivity contribution in [3.8, 4) is 43.8 Å². The number of carbonyl (C=O) groups is 1. The Morgan fingerprint density at radius 3 is 2.00 bits per heavy atom.